The Morgan fingerprint density at radius 2 is 1.89 bits per heavy atom. The Labute approximate surface area is 225 Å². The molecule has 1 aromatic carbocycles. The zero-order valence-electron chi connectivity index (χ0n) is 22.6. The maximum Gasteiger partial charge on any atom is 0.159 e. The van der Waals surface area contributed by atoms with Crippen molar-refractivity contribution in [2.24, 2.45) is 40.4 Å². The number of rotatable bonds is 6. The molecule has 0 unspecified atom stereocenters. The topological polar surface area (TPSA) is 77.2 Å². The van der Waals surface area contributed by atoms with E-state index in [1.54, 1.807) is 10.9 Å². The summed E-state index contributed by atoms with van der Waals surface area (Å²) in [4.78, 5) is 15.3. The minimum atomic E-state index is -0.529. The quantitative estimate of drug-likeness (QED) is 0.492. The van der Waals surface area contributed by atoms with Crippen LogP contribution in [0.3, 0.4) is 0 Å². The Kier molecular flexibility index (Phi) is 6.48. The van der Waals surface area contributed by atoms with Gasteiger partial charge >= 0.3 is 0 Å². The van der Waals surface area contributed by atoms with E-state index in [0.29, 0.717) is 28.7 Å². The van der Waals surface area contributed by atoms with Gasteiger partial charge in [0.25, 0.3) is 0 Å². The molecule has 8 atom stereocenters. The first kappa shape index (κ1) is 25.8. The fourth-order valence-electron chi connectivity index (χ4n) is 9.81. The monoisotopic (exact) mass is 527 g/mol. The molecule has 1 heterocycles. The molecule has 0 aliphatic heterocycles. The van der Waals surface area contributed by atoms with Gasteiger partial charge in [0.15, 0.2) is 5.78 Å². The summed E-state index contributed by atoms with van der Waals surface area (Å²) in [5, 5.41) is 20.6. The highest BCUT2D eigenvalue weighted by Crippen LogP contribution is 2.69. The van der Waals surface area contributed by atoms with Crippen LogP contribution >= 0.6 is 11.6 Å². The highest BCUT2D eigenvalue weighted by Gasteiger charge is 2.62. The first-order valence-electron chi connectivity index (χ1n) is 14.4. The van der Waals surface area contributed by atoms with Gasteiger partial charge in [-0.25, -0.2) is 0 Å². The van der Waals surface area contributed by atoms with Crippen LogP contribution in [0.15, 0.2) is 18.2 Å². The summed E-state index contributed by atoms with van der Waals surface area (Å²) in [6, 6.07) is 5.48. The lowest BCUT2D eigenvalue weighted by atomic mass is 9.42. The number of hydrogen-bond donors (Lipinski definition) is 1. The highest BCUT2D eigenvalue weighted by molar-refractivity contribution is 6.31. The van der Waals surface area contributed by atoms with E-state index in [9.17, 15) is 9.90 Å². The molecule has 0 amide bonds. The van der Waals surface area contributed by atoms with E-state index >= 15 is 0 Å². The van der Waals surface area contributed by atoms with Gasteiger partial charge in [-0.15, -0.1) is 0 Å². The molecular formula is C30H42ClN3O3. The number of hydrogen-bond acceptors (Lipinski definition) is 5. The summed E-state index contributed by atoms with van der Waals surface area (Å²) in [5.41, 5.74) is 1.33. The minimum absolute atomic E-state index is 0.0591. The Balaban J connectivity index is 1.22. The van der Waals surface area contributed by atoms with E-state index < -0.39 is 5.60 Å². The molecule has 7 heteroatoms. The first-order valence-corrected chi connectivity index (χ1v) is 14.8. The molecule has 0 radical (unpaired) electrons. The predicted molar refractivity (Wildman–Crippen MR) is 144 cm³/mol. The van der Waals surface area contributed by atoms with Crippen molar-refractivity contribution in [3.8, 4) is 0 Å². The van der Waals surface area contributed by atoms with Crippen molar-refractivity contribution >= 4 is 28.4 Å². The smallest absolute Gasteiger partial charge is 0.159 e. The van der Waals surface area contributed by atoms with Crippen LogP contribution in [0.5, 0.6) is 0 Å². The lowest BCUT2D eigenvalue weighted by Gasteiger charge is -2.63. The van der Waals surface area contributed by atoms with Crippen molar-refractivity contribution in [3.05, 3.63) is 23.2 Å². The third kappa shape index (κ3) is 4.26. The zero-order valence-corrected chi connectivity index (χ0v) is 23.3. The Bertz CT molecular complexity index is 1180. The van der Waals surface area contributed by atoms with E-state index in [4.69, 9.17) is 16.3 Å². The molecule has 1 N–H and O–H groups in total. The first-order chi connectivity index (χ1) is 17.6. The van der Waals surface area contributed by atoms with Crippen molar-refractivity contribution in [1.29, 1.82) is 0 Å². The van der Waals surface area contributed by atoms with Gasteiger partial charge < -0.3 is 9.84 Å². The van der Waals surface area contributed by atoms with Gasteiger partial charge in [0.2, 0.25) is 0 Å². The molecule has 0 saturated heterocycles. The summed E-state index contributed by atoms with van der Waals surface area (Å²) in [6.45, 7) is 5.50. The second-order valence-electron chi connectivity index (χ2n) is 13.3. The van der Waals surface area contributed by atoms with Gasteiger partial charge in [-0.1, -0.05) is 18.5 Å². The lowest BCUT2D eigenvalue weighted by Crippen LogP contribution is -2.57. The van der Waals surface area contributed by atoms with Gasteiger partial charge in [0, 0.05) is 24.7 Å². The van der Waals surface area contributed by atoms with Crippen molar-refractivity contribution < 1.29 is 14.6 Å². The number of nitrogens with zero attached hydrogens (tertiary/aromatic N) is 3. The van der Waals surface area contributed by atoms with Crippen LogP contribution in [-0.2, 0) is 16.1 Å². The fraction of sp³-hybridized carbons (Fsp3) is 0.767. The van der Waals surface area contributed by atoms with E-state index in [2.05, 4.69) is 17.1 Å². The predicted octanol–water partition coefficient (Wildman–Crippen LogP) is 6.08. The summed E-state index contributed by atoms with van der Waals surface area (Å²) in [7, 11) is 1.82. The SMILES string of the molecule is COCC[C@]12CC[C@@](C)(O)C[C@H]1CC[C@H]1[C@@H]3CC[C@H](C(=O)Cn4nc5ccc(Cl)cc5n4)[C@@]3(C)CC[C@@H]12. The van der Waals surface area contributed by atoms with Crippen molar-refractivity contribution in [2.75, 3.05) is 13.7 Å². The highest BCUT2D eigenvalue weighted by atomic mass is 35.5. The van der Waals surface area contributed by atoms with Crippen LogP contribution in [0.25, 0.3) is 11.0 Å². The minimum Gasteiger partial charge on any atom is -0.390 e. The number of carbonyl (C=O) groups is 1. The number of carbonyl (C=O) groups excluding carboxylic acids is 1. The number of halogens is 1. The number of fused-ring (bicyclic) bond motifs is 6. The number of methoxy groups -OCH3 is 1. The van der Waals surface area contributed by atoms with E-state index in [0.717, 1.165) is 62.6 Å². The van der Waals surface area contributed by atoms with Crippen molar-refractivity contribution in [1.82, 2.24) is 15.0 Å². The number of benzene rings is 1. The maximum absolute atomic E-state index is 13.7. The van der Waals surface area contributed by atoms with Crippen molar-refractivity contribution in [3.63, 3.8) is 0 Å². The third-order valence-corrected chi connectivity index (χ3v) is 11.7. The van der Waals surface area contributed by atoms with Gasteiger partial charge in [-0.3, -0.25) is 4.79 Å². The van der Waals surface area contributed by atoms with Gasteiger partial charge in [0.1, 0.15) is 17.6 Å². The third-order valence-electron chi connectivity index (χ3n) is 11.5. The number of ketones is 1. The second-order valence-corrected chi connectivity index (χ2v) is 13.8. The number of aromatic nitrogens is 3. The van der Waals surface area contributed by atoms with Gasteiger partial charge in [-0.05, 0) is 124 Å². The van der Waals surface area contributed by atoms with E-state index in [-0.39, 0.29) is 29.1 Å². The van der Waals surface area contributed by atoms with Crippen LogP contribution in [0.1, 0.15) is 78.1 Å². The molecular weight excluding hydrogens is 486 g/mol. The van der Waals surface area contributed by atoms with Crippen LogP contribution < -0.4 is 0 Å². The maximum atomic E-state index is 13.7. The standard InChI is InChI=1S/C30H42ClN3O3/c1-28(36)12-13-30(14-15-37-3)19(17-28)4-6-21-22-7-8-24(29(22,2)11-10-23(21)30)27(35)18-34-32-25-9-5-20(31)16-26(25)33-34/h5,9,16,19,21-24,36H,4,6-8,10-15,17-18H2,1-3H3/t19-,21+,22+,23+,24-,28-,29+,30-/m1/s1. The van der Waals surface area contributed by atoms with E-state index in [1.165, 1.54) is 19.3 Å². The summed E-state index contributed by atoms with van der Waals surface area (Å²) < 4.78 is 5.63. The Morgan fingerprint density at radius 1 is 1.08 bits per heavy atom. The van der Waals surface area contributed by atoms with Gasteiger partial charge in [0.05, 0.1) is 5.60 Å². The number of Topliss-reactive ketones (excluding diaryl/α,β-unsaturated/α-hetero) is 1. The Hall–Kier alpha value is -1.50. The van der Waals surface area contributed by atoms with Crippen LogP contribution in [0, 0.1) is 40.4 Å². The number of ether oxygens (including phenoxy) is 1. The molecule has 0 spiro atoms. The van der Waals surface area contributed by atoms with E-state index in [1.807, 2.05) is 26.2 Å². The molecule has 4 saturated carbocycles. The number of aliphatic hydroxyl groups is 1. The van der Waals surface area contributed by atoms with Crippen molar-refractivity contribution in [2.45, 2.75) is 90.2 Å². The molecule has 2 aromatic rings. The molecule has 6 nitrogen and oxygen atoms in total. The average Bonchev–Trinajstić information content (AvgIpc) is 3.41. The molecule has 0 bridgehead atoms. The largest absolute Gasteiger partial charge is 0.390 e. The Morgan fingerprint density at radius 3 is 2.70 bits per heavy atom. The molecule has 202 valence electrons. The van der Waals surface area contributed by atoms with Crippen LogP contribution in [-0.4, -0.2) is 45.2 Å². The molecule has 6 rings (SSSR count). The van der Waals surface area contributed by atoms with Crippen LogP contribution in [0.2, 0.25) is 5.02 Å². The molecule has 4 aliphatic carbocycles. The summed E-state index contributed by atoms with van der Waals surface area (Å²) >= 11 is 6.12. The molecule has 37 heavy (non-hydrogen) atoms. The summed E-state index contributed by atoms with van der Waals surface area (Å²) in [5.74, 6) is 2.92. The molecule has 1 aromatic heterocycles. The fourth-order valence-corrected chi connectivity index (χ4v) is 9.97. The zero-order chi connectivity index (χ0) is 26.0. The lowest BCUT2D eigenvalue weighted by molar-refractivity contribution is -0.163. The summed E-state index contributed by atoms with van der Waals surface area (Å²) in [6.07, 6.45) is 11.0. The average molecular weight is 528 g/mol. The van der Waals surface area contributed by atoms with Crippen LogP contribution in [0.4, 0.5) is 0 Å². The second kappa shape index (κ2) is 9.31. The molecule has 4 fully saturated rings. The molecule has 4 aliphatic rings. The van der Waals surface area contributed by atoms with Gasteiger partial charge in [-0.2, -0.15) is 15.0 Å². The normalized spacial score (nSPS) is 41.3.